The van der Waals surface area contributed by atoms with Crippen molar-refractivity contribution in [3.05, 3.63) is 112 Å². The first-order valence-corrected chi connectivity index (χ1v) is 7.79. The summed E-state index contributed by atoms with van der Waals surface area (Å²) in [4.78, 5) is 48.9. The maximum Gasteiger partial charge on any atom is 0.239 e. The molecule has 0 aromatic heterocycles. The fraction of sp³-hybridized carbons (Fsp3) is 0. The number of hydrogen-bond donors (Lipinski definition) is 2. The van der Waals surface area contributed by atoms with Crippen molar-refractivity contribution < 1.29 is 0 Å². The first-order chi connectivity index (χ1) is 12.6. The van der Waals surface area contributed by atoms with Crippen molar-refractivity contribution in [1.29, 1.82) is 0 Å². The predicted octanol–water partition coefficient (Wildman–Crippen LogP) is -0.297. The average molecular weight is 346 g/mol. The largest absolute Gasteiger partial charge is 0.361 e. The Kier molecular flexibility index (Phi) is 4.85. The van der Waals surface area contributed by atoms with Gasteiger partial charge in [-0.2, -0.15) is 0 Å². The molecular formula is C20H14N2O4. The van der Waals surface area contributed by atoms with E-state index in [1.807, 2.05) is 0 Å². The predicted molar refractivity (Wildman–Crippen MR) is 102 cm³/mol. The van der Waals surface area contributed by atoms with Gasteiger partial charge in [0.05, 0.1) is 10.4 Å². The van der Waals surface area contributed by atoms with Crippen molar-refractivity contribution in [2.45, 2.75) is 0 Å². The molecular weight excluding hydrogens is 332 g/mol. The average Bonchev–Trinajstić information content (AvgIpc) is 2.68. The molecule has 0 unspecified atom stereocenters. The van der Waals surface area contributed by atoms with Gasteiger partial charge in [0.2, 0.25) is 21.7 Å². The summed E-state index contributed by atoms with van der Waals surface area (Å²) in [6.07, 6.45) is 2.19. The van der Waals surface area contributed by atoms with Gasteiger partial charge in [-0.1, -0.05) is 36.4 Å². The SMILES string of the molecule is O=c1c(=O)c(=CNc2ccccc2)c(=O)c(=O)c1=CNc1ccccc1. The summed E-state index contributed by atoms with van der Waals surface area (Å²) in [6.45, 7) is 0. The topological polar surface area (TPSA) is 92.3 Å². The third kappa shape index (κ3) is 3.49. The smallest absolute Gasteiger partial charge is 0.239 e. The third-order valence-corrected chi connectivity index (χ3v) is 3.70. The second-order valence-corrected chi connectivity index (χ2v) is 5.45. The van der Waals surface area contributed by atoms with E-state index in [1.54, 1.807) is 60.7 Å². The van der Waals surface area contributed by atoms with Gasteiger partial charge in [-0.25, -0.2) is 0 Å². The van der Waals surface area contributed by atoms with Crippen molar-refractivity contribution in [3.8, 4) is 0 Å². The maximum absolute atomic E-state index is 12.2. The van der Waals surface area contributed by atoms with Gasteiger partial charge in [-0.15, -0.1) is 0 Å². The van der Waals surface area contributed by atoms with Crippen LogP contribution < -0.4 is 42.8 Å². The molecule has 3 aromatic rings. The Morgan fingerprint density at radius 2 is 0.808 bits per heavy atom. The van der Waals surface area contributed by atoms with Gasteiger partial charge >= 0.3 is 0 Å². The molecule has 3 aromatic carbocycles. The molecule has 0 saturated carbocycles. The third-order valence-electron chi connectivity index (χ3n) is 3.70. The van der Waals surface area contributed by atoms with Crippen molar-refractivity contribution in [2.24, 2.45) is 0 Å². The Labute approximate surface area is 147 Å². The zero-order chi connectivity index (χ0) is 18.5. The highest BCUT2D eigenvalue weighted by atomic mass is 16.2. The van der Waals surface area contributed by atoms with Crippen LogP contribution in [0.25, 0.3) is 12.4 Å². The van der Waals surface area contributed by atoms with Crippen LogP contribution in [0.2, 0.25) is 0 Å². The van der Waals surface area contributed by atoms with Crippen molar-refractivity contribution in [2.75, 3.05) is 10.6 Å². The van der Waals surface area contributed by atoms with E-state index in [0.29, 0.717) is 11.4 Å². The Morgan fingerprint density at radius 3 is 1.12 bits per heavy atom. The second-order valence-electron chi connectivity index (χ2n) is 5.45. The Morgan fingerprint density at radius 1 is 0.500 bits per heavy atom. The minimum atomic E-state index is -1.01. The molecule has 0 fully saturated rings. The summed E-state index contributed by atoms with van der Waals surface area (Å²) in [6, 6.07) is 17.5. The standard InChI is InChI=1S/C20H14N2O4/c23-17-15(11-21-13-7-3-1-4-8-13)18(24)20(26)16(19(17)25)12-22-14-9-5-2-6-10-14/h1-12,21-22H. The van der Waals surface area contributed by atoms with Crippen LogP contribution >= 0.6 is 0 Å². The lowest BCUT2D eigenvalue weighted by molar-refractivity contribution is 1.25. The molecule has 0 aliphatic carbocycles. The van der Waals surface area contributed by atoms with Gasteiger partial charge in [0, 0.05) is 23.8 Å². The maximum atomic E-state index is 12.2. The zero-order valence-corrected chi connectivity index (χ0v) is 13.6. The van der Waals surface area contributed by atoms with Crippen molar-refractivity contribution in [3.63, 3.8) is 0 Å². The molecule has 0 heterocycles. The van der Waals surface area contributed by atoms with Crippen LogP contribution in [-0.4, -0.2) is 0 Å². The van der Waals surface area contributed by atoms with Gasteiger partial charge in [-0.3, -0.25) is 19.2 Å². The molecule has 0 spiro atoms. The summed E-state index contributed by atoms with van der Waals surface area (Å²) in [5.74, 6) is 0. The lowest BCUT2D eigenvalue weighted by Gasteiger charge is -1.98. The molecule has 128 valence electrons. The first-order valence-electron chi connectivity index (χ1n) is 7.79. The Hall–Kier alpha value is -3.80. The van der Waals surface area contributed by atoms with Crippen LogP contribution in [0, 0.1) is 0 Å². The molecule has 2 N–H and O–H groups in total. The van der Waals surface area contributed by atoms with Crippen LogP contribution in [-0.2, 0) is 0 Å². The highest BCUT2D eigenvalue weighted by Crippen LogP contribution is 2.04. The molecule has 0 amide bonds. The van der Waals surface area contributed by atoms with E-state index in [9.17, 15) is 19.2 Å². The van der Waals surface area contributed by atoms with E-state index in [2.05, 4.69) is 10.6 Å². The summed E-state index contributed by atoms with van der Waals surface area (Å²) < 4.78 is 0. The fourth-order valence-electron chi connectivity index (χ4n) is 2.34. The normalized spacial score (nSPS) is 10.2. The number of nitrogens with one attached hydrogen (secondary N) is 2. The number of para-hydroxylation sites is 2. The molecule has 0 saturated heterocycles. The monoisotopic (exact) mass is 346 g/mol. The number of hydrogen-bond acceptors (Lipinski definition) is 6. The second kappa shape index (κ2) is 7.40. The van der Waals surface area contributed by atoms with Crippen molar-refractivity contribution in [1.82, 2.24) is 0 Å². The van der Waals surface area contributed by atoms with E-state index < -0.39 is 32.2 Å². The molecule has 0 radical (unpaired) electrons. The highest BCUT2D eigenvalue weighted by molar-refractivity contribution is 5.55. The van der Waals surface area contributed by atoms with Crippen LogP contribution in [0.5, 0.6) is 0 Å². The zero-order valence-electron chi connectivity index (χ0n) is 13.6. The molecule has 0 aliphatic heterocycles. The number of anilines is 2. The van der Waals surface area contributed by atoms with E-state index >= 15 is 0 Å². The van der Waals surface area contributed by atoms with E-state index in [0.717, 1.165) is 12.4 Å². The molecule has 6 heteroatoms. The number of benzene rings is 3. The molecule has 0 aliphatic rings. The van der Waals surface area contributed by atoms with Gasteiger partial charge in [-0.05, 0) is 24.3 Å². The van der Waals surface area contributed by atoms with Gasteiger partial charge in [0.15, 0.2) is 0 Å². The van der Waals surface area contributed by atoms with Gasteiger partial charge in [0.25, 0.3) is 0 Å². The van der Waals surface area contributed by atoms with Crippen LogP contribution in [0.4, 0.5) is 11.4 Å². The van der Waals surface area contributed by atoms with Crippen LogP contribution in [0.1, 0.15) is 0 Å². The highest BCUT2D eigenvalue weighted by Gasteiger charge is 2.09. The molecule has 26 heavy (non-hydrogen) atoms. The van der Waals surface area contributed by atoms with Crippen LogP contribution in [0.15, 0.2) is 79.8 Å². The van der Waals surface area contributed by atoms with Crippen molar-refractivity contribution >= 4 is 23.8 Å². The number of rotatable bonds is 4. The molecule has 0 bridgehead atoms. The first kappa shape index (κ1) is 17.0. The Balaban J connectivity index is 2.09. The van der Waals surface area contributed by atoms with Gasteiger partial charge in [0.1, 0.15) is 0 Å². The van der Waals surface area contributed by atoms with E-state index in [4.69, 9.17) is 0 Å². The van der Waals surface area contributed by atoms with E-state index in [-0.39, 0.29) is 0 Å². The van der Waals surface area contributed by atoms with Gasteiger partial charge < -0.3 is 10.6 Å². The minimum absolute atomic E-state index is 0.472. The quantitative estimate of drug-likeness (QED) is 0.631. The van der Waals surface area contributed by atoms with Crippen LogP contribution in [0.3, 0.4) is 0 Å². The summed E-state index contributed by atoms with van der Waals surface area (Å²) in [5.41, 5.74) is -2.82. The van der Waals surface area contributed by atoms with E-state index in [1.165, 1.54) is 0 Å². The Bertz CT molecular complexity index is 1090. The minimum Gasteiger partial charge on any atom is -0.361 e. The fourth-order valence-corrected chi connectivity index (χ4v) is 2.34. The molecule has 3 rings (SSSR count). The molecule has 0 atom stereocenters. The molecule has 6 nitrogen and oxygen atoms in total. The lowest BCUT2D eigenvalue weighted by atomic mass is 10.2. The summed E-state index contributed by atoms with van der Waals surface area (Å²) >= 11 is 0. The lowest BCUT2D eigenvalue weighted by Crippen LogP contribution is -2.64. The summed E-state index contributed by atoms with van der Waals surface area (Å²) in [5, 5.41) is 4.55. The summed E-state index contributed by atoms with van der Waals surface area (Å²) in [7, 11) is 0.